The second-order valence-electron chi connectivity index (χ2n) is 6.35. The Morgan fingerprint density at radius 2 is 1.62 bits per heavy atom. The smallest absolute Gasteiger partial charge is 0.319 e. The number of benzene rings is 1. The van der Waals surface area contributed by atoms with Crippen LogP contribution in [0.2, 0.25) is 0 Å². The minimum Gasteiger partial charge on any atom is -0.325 e. The molecule has 0 atom stereocenters. The molecule has 2 saturated heterocycles. The summed E-state index contributed by atoms with van der Waals surface area (Å²) < 4.78 is 1.78. The van der Waals surface area contributed by atoms with E-state index in [-0.39, 0.29) is 17.9 Å². The van der Waals surface area contributed by atoms with Crippen LogP contribution in [0.4, 0.5) is 10.5 Å². The van der Waals surface area contributed by atoms with Crippen LogP contribution < -0.4 is 5.32 Å². The van der Waals surface area contributed by atoms with Crippen LogP contribution in [0, 0.1) is 5.92 Å². The number of carbonyl (C=O) groups excluding carboxylic acids is 2. The van der Waals surface area contributed by atoms with Crippen LogP contribution in [0.25, 0.3) is 0 Å². The van der Waals surface area contributed by atoms with E-state index in [4.69, 9.17) is 0 Å². The summed E-state index contributed by atoms with van der Waals surface area (Å²) in [5.41, 5.74) is 0.768. The van der Waals surface area contributed by atoms with E-state index >= 15 is 0 Å². The number of piperidine rings is 1. The van der Waals surface area contributed by atoms with Crippen molar-refractivity contribution in [2.24, 2.45) is 5.92 Å². The Balaban J connectivity index is 1.53. The molecule has 1 aromatic carbocycles. The van der Waals surface area contributed by atoms with Gasteiger partial charge in [-0.2, -0.15) is 0 Å². The number of carbonyl (C=O) groups is 2. The number of rotatable bonds is 2. The van der Waals surface area contributed by atoms with Gasteiger partial charge in [0.05, 0.1) is 5.69 Å². The van der Waals surface area contributed by atoms with Crippen molar-refractivity contribution < 1.29 is 9.59 Å². The van der Waals surface area contributed by atoms with E-state index in [2.05, 4.69) is 37.2 Å². The molecule has 3 rings (SSSR count). The molecule has 5 nitrogen and oxygen atoms in total. The zero-order chi connectivity index (χ0) is 17.1. The molecular weight excluding hydrogens is 438 g/mol. The molecule has 7 heteroatoms. The van der Waals surface area contributed by atoms with Gasteiger partial charge in [0.2, 0.25) is 5.91 Å². The molecule has 0 aliphatic carbocycles. The second kappa shape index (κ2) is 7.87. The highest BCUT2D eigenvalue weighted by atomic mass is 79.9. The predicted molar refractivity (Wildman–Crippen MR) is 101 cm³/mol. The lowest BCUT2D eigenvalue weighted by molar-refractivity contribution is -0.121. The number of nitrogens with one attached hydrogen (secondary N) is 1. The first kappa shape index (κ1) is 17.7. The first-order valence-corrected chi connectivity index (χ1v) is 9.93. The fraction of sp³-hybridized carbons (Fsp3) is 0.529. The largest absolute Gasteiger partial charge is 0.325 e. The number of nitrogens with zero attached hydrogens (tertiary/aromatic N) is 2. The van der Waals surface area contributed by atoms with Gasteiger partial charge in [-0.3, -0.25) is 4.79 Å². The van der Waals surface area contributed by atoms with Crippen molar-refractivity contribution in [3.8, 4) is 0 Å². The normalized spacial score (nSPS) is 18.8. The Hall–Kier alpha value is -1.08. The first-order chi connectivity index (χ1) is 11.5. The van der Waals surface area contributed by atoms with Gasteiger partial charge in [-0.05, 0) is 59.8 Å². The Kier molecular flexibility index (Phi) is 5.81. The van der Waals surface area contributed by atoms with E-state index in [9.17, 15) is 9.59 Å². The average molecular weight is 459 g/mol. The van der Waals surface area contributed by atoms with Crippen molar-refractivity contribution in [3.05, 3.63) is 27.1 Å². The molecule has 0 saturated carbocycles. The molecular formula is C17H21Br2N3O2. The van der Waals surface area contributed by atoms with Gasteiger partial charge in [0, 0.05) is 41.0 Å². The number of hydrogen-bond donors (Lipinski definition) is 1. The SMILES string of the molecule is O=C(Nc1cc(Br)ccc1Br)C1CCN(C(=O)N2CCCC2)CC1. The highest BCUT2D eigenvalue weighted by Gasteiger charge is 2.30. The summed E-state index contributed by atoms with van der Waals surface area (Å²) in [5, 5.41) is 2.99. The van der Waals surface area contributed by atoms with Crippen LogP contribution >= 0.6 is 31.9 Å². The summed E-state index contributed by atoms with van der Waals surface area (Å²) >= 11 is 6.87. The Morgan fingerprint density at radius 1 is 1.00 bits per heavy atom. The van der Waals surface area contributed by atoms with Crippen molar-refractivity contribution in [1.29, 1.82) is 0 Å². The second-order valence-corrected chi connectivity index (χ2v) is 8.12. The molecule has 0 bridgehead atoms. The zero-order valence-corrected chi connectivity index (χ0v) is 16.6. The highest BCUT2D eigenvalue weighted by Crippen LogP contribution is 2.28. The Morgan fingerprint density at radius 3 is 2.29 bits per heavy atom. The van der Waals surface area contributed by atoms with E-state index in [0.717, 1.165) is 53.4 Å². The lowest BCUT2D eigenvalue weighted by atomic mass is 9.96. The number of halogens is 2. The summed E-state index contributed by atoms with van der Waals surface area (Å²) in [5.74, 6) is -0.0134. The number of urea groups is 1. The van der Waals surface area contributed by atoms with Gasteiger partial charge in [0.1, 0.15) is 0 Å². The Labute approximate surface area is 159 Å². The van der Waals surface area contributed by atoms with Crippen molar-refractivity contribution >= 4 is 49.5 Å². The van der Waals surface area contributed by atoms with Crippen LogP contribution in [0.3, 0.4) is 0 Å². The van der Waals surface area contributed by atoms with Crippen LogP contribution in [0.1, 0.15) is 25.7 Å². The minimum absolute atomic E-state index is 0.0297. The number of hydrogen-bond acceptors (Lipinski definition) is 2. The van der Waals surface area contributed by atoms with E-state index in [1.54, 1.807) is 0 Å². The van der Waals surface area contributed by atoms with Gasteiger partial charge >= 0.3 is 6.03 Å². The molecule has 0 spiro atoms. The quantitative estimate of drug-likeness (QED) is 0.725. The highest BCUT2D eigenvalue weighted by molar-refractivity contribution is 9.11. The molecule has 0 radical (unpaired) electrons. The monoisotopic (exact) mass is 457 g/mol. The minimum atomic E-state index is -0.0430. The maximum Gasteiger partial charge on any atom is 0.319 e. The standard InChI is InChI=1S/C17H21Br2N3O2/c18-13-3-4-14(19)15(11-13)20-16(23)12-5-9-22(10-6-12)17(24)21-7-1-2-8-21/h3-4,11-12H,1-2,5-10H2,(H,20,23). The van der Waals surface area contributed by atoms with E-state index in [1.807, 2.05) is 28.0 Å². The van der Waals surface area contributed by atoms with Crippen molar-refractivity contribution in [1.82, 2.24) is 9.80 Å². The maximum absolute atomic E-state index is 12.5. The van der Waals surface area contributed by atoms with Gasteiger partial charge in [-0.15, -0.1) is 0 Å². The molecule has 1 aromatic rings. The summed E-state index contributed by atoms with van der Waals surface area (Å²) in [4.78, 5) is 28.7. The van der Waals surface area contributed by atoms with Gasteiger partial charge in [0.15, 0.2) is 0 Å². The summed E-state index contributed by atoms with van der Waals surface area (Å²) in [6, 6.07) is 5.84. The van der Waals surface area contributed by atoms with Crippen LogP contribution in [-0.2, 0) is 4.79 Å². The van der Waals surface area contributed by atoms with Crippen molar-refractivity contribution in [2.75, 3.05) is 31.5 Å². The van der Waals surface area contributed by atoms with Gasteiger partial charge in [-0.25, -0.2) is 4.79 Å². The van der Waals surface area contributed by atoms with Crippen LogP contribution in [0.5, 0.6) is 0 Å². The van der Waals surface area contributed by atoms with Crippen molar-refractivity contribution in [3.63, 3.8) is 0 Å². The number of amides is 3. The van der Waals surface area contributed by atoms with Crippen molar-refractivity contribution in [2.45, 2.75) is 25.7 Å². The molecule has 24 heavy (non-hydrogen) atoms. The topological polar surface area (TPSA) is 52.7 Å². The van der Waals surface area contributed by atoms with E-state index < -0.39 is 0 Å². The first-order valence-electron chi connectivity index (χ1n) is 8.34. The summed E-state index contributed by atoms with van der Waals surface area (Å²) in [7, 11) is 0. The molecule has 130 valence electrons. The third kappa shape index (κ3) is 4.11. The van der Waals surface area contributed by atoms with Gasteiger partial charge in [0.25, 0.3) is 0 Å². The lowest BCUT2D eigenvalue weighted by Crippen LogP contribution is -2.47. The molecule has 2 aliphatic heterocycles. The van der Waals surface area contributed by atoms with E-state index in [0.29, 0.717) is 13.1 Å². The van der Waals surface area contributed by atoms with Crippen LogP contribution in [-0.4, -0.2) is 47.9 Å². The maximum atomic E-state index is 12.5. The Bertz CT molecular complexity index is 624. The molecule has 0 unspecified atom stereocenters. The number of likely N-dealkylation sites (tertiary alicyclic amines) is 2. The third-order valence-corrected chi connectivity index (χ3v) is 5.88. The van der Waals surface area contributed by atoms with Gasteiger partial charge < -0.3 is 15.1 Å². The van der Waals surface area contributed by atoms with Crippen LogP contribution in [0.15, 0.2) is 27.1 Å². The fourth-order valence-corrected chi connectivity index (χ4v) is 3.98. The van der Waals surface area contributed by atoms with Gasteiger partial charge in [-0.1, -0.05) is 15.9 Å². The third-order valence-electron chi connectivity index (χ3n) is 4.70. The van der Waals surface area contributed by atoms with E-state index in [1.165, 1.54) is 0 Å². The summed E-state index contributed by atoms with van der Waals surface area (Å²) in [6.45, 7) is 3.06. The molecule has 2 aliphatic rings. The predicted octanol–water partition coefficient (Wildman–Crippen LogP) is 4.08. The fourth-order valence-electron chi connectivity index (χ4n) is 3.27. The lowest BCUT2D eigenvalue weighted by Gasteiger charge is -2.34. The summed E-state index contributed by atoms with van der Waals surface area (Å²) in [6.07, 6.45) is 3.65. The average Bonchev–Trinajstić information content (AvgIpc) is 3.12. The molecule has 0 aromatic heterocycles. The molecule has 2 fully saturated rings. The molecule has 2 heterocycles. The molecule has 1 N–H and O–H groups in total. The zero-order valence-electron chi connectivity index (χ0n) is 13.4. The number of anilines is 1. The molecule has 3 amide bonds.